The lowest BCUT2D eigenvalue weighted by atomic mass is 10.1. The number of nitrogens with one attached hydrogen (secondary N) is 1. The standard InChI is InChI=1S/C12H10N5O/c13-12-15-10-2-1-9(7-11(10)17(18)16-12)8-3-5-14-6-4-8/h1-7H,(H3,13,15,16)/q-1. The Bertz CT molecular complexity index is 611. The number of rotatable bonds is 1. The Labute approximate surface area is 103 Å². The number of hydrogen-bond donors (Lipinski definition) is 2. The topological polar surface area (TPSA) is 89.6 Å². The first-order valence-electron chi connectivity index (χ1n) is 5.36. The number of anilines is 1. The van der Waals surface area contributed by atoms with E-state index >= 15 is 0 Å². The second kappa shape index (κ2) is 4.01. The Hall–Kier alpha value is -2.60. The number of nitrogens with zero attached hydrogens (tertiary/aromatic N) is 3. The molecule has 1 aromatic carbocycles. The molecule has 1 aliphatic rings. The van der Waals surface area contributed by atoms with Crippen LogP contribution < -0.4 is 16.3 Å². The Kier molecular flexibility index (Phi) is 2.35. The summed E-state index contributed by atoms with van der Waals surface area (Å²) in [6, 6.07) is 9.18. The highest BCUT2D eigenvalue weighted by atomic mass is 16.5. The van der Waals surface area contributed by atoms with Crippen LogP contribution in [0.4, 0.5) is 11.4 Å². The van der Waals surface area contributed by atoms with Crippen LogP contribution >= 0.6 is 0 Å². The van der Waals surface area contributed by atoms with Gasteiger partial charge >= 0.3 is 0 Å². The van der Waals surface area contributed by atoms with Crippen molar-refractivity contribution in [2.75, 3.05) is 5.17 Å². The van der Waals surface area contributed by atoms with Crippen LogP contribution in [-0.4, -0.2) is 10.9 Å². The minimum Gasteiger partial charge on any atom is -0.739 e. The second-order valence-electron chi connectivity index (χ2n) is 3.84. The molecule has 2 aromatic rings. The van der Waals surface area contributed by atoms with Crippen molar-refractivity contribution < 1.29 is 0 Å². The third-order valence-electron chi connectivity index (χ3n) is 2.66. The monoisotopic (exact) mass is 240 g/mol. The SMILES string of the molecule is NC1=Nc2ccc(-c3ccncc3)cc2N([O-])N1. The molecule has 0 fully saturated rings. The first kappa shape index (κ1) is 10.5. The molecule has 90 valence electrons. The summed E-state index contributed by atoms with van der Waals surface area (Å²) in [6.07, 6.45) is 3.41. The van der Waals surface area contributed by atoms with Crippen molar-refractivity contribution in [2.45, 2.75) is 0 Å². The number of nitrogens with two attached hydrogens (primary N) is 1. The largest absolute Gasteiger partial charge is 0.739 e. The quantitative estimate of drug-likeness (QED) is 0.788. The van der Waals surface area contributed by atoms with Crippen LogP contribution in [0.3, 0.4) is 0 Å². The molecule has 3 rings (SSSR count). The smallest absolute Gasteiger partial charge is 0.212 e. The molecule has 0 aliphatic carbocycles. The third-order valence-corrected chi connectivity index (χ3v) is 2.66. The first-order valence-corrected chi connectivity index (χ1v) is 5.36. The van der Waals surface area contributed by atoms with Crippen LogP contribution in [-0.2, 0) is 0 Å². The van der Waals surface area contributed by atoms with Gasteiger partial charge in [0.1, 0.15) is 0 Å². The summed E-state index contributed by atoms with van der Waals surface area (Å²) in [7, 11) is 0. The molecule has 0 bridgehead atoms. The molecule has 3 N–H and O–H groups in total. The molecule has 0 saturated carbocycles. The van der Waals surface area contributed by atoms with Crippen molar-refractivity contribution in [1.82, 2.24) is 10.4 Å². The van der Waals surface area contributed by atoms with E-state index in [-0.39, 0.29) is 5.96 Å². The van der Waals surface area contributed by atoms with Crippen LogP contribution in [0.15, 0.2) is 47.7 Å². The highest BCUT2D eigenvalue weighted by Gasteiger charge is 2.11. The molecule has 0 amide bonds. The maximum atomic E-state index is 11.7. The summed E-state index contributed by atoms with van der Waals surface area (Å²) >= 11 is 0. The van der Waals surface area contributed by atoms with Gasteiger partial charge in [0, 0.05) is 12.4 Å². The van der Waals surface area contributed by atoms with Crippen LogP contribution in [0.5, 0.6) is 0 Å². The Morgan fingerprint density at radius 3 is 2.67 bits per heavy atom. The molecular formula is C12H10N5O-. The fourth-order valence-electron chi connectivity index (χ4n) is 1.82. The van der Waals surface area contributed by atoms with Crippen LogP contribution in [0, 0.1) is 5.21 Å². The van der Waals surface area contributed by atoms with Gasteiger partial charge in [0.15, 0.2) is 0 Å². The normalized spacial score (nSPS) is 13.6. The number of aromatic nitrogens is 1. The Morgan fingerprint density at radius 1 is 1.11 bits per heavy atom. The number of aliphatic imine (C=N–C) groups is 1. The van der Waals surface area contributed by atoms with Gasteiger partial charge in [-0.1, -0.05) is 6.07 Å². The molecule has 1 aromatic heterocycles. The van der Waals surface area contributed by atoms with Crippen LogP contribution in [0.1, 0.15) is 0 Å². The maximum Gasteiger partial charge on any atom is 0.212 e. The van der Waals surface area contributed by atoms with E-state index in [1.54, 1.807) is 24.5 Å². The fraction of sp³-hybridized carbons (Fsp3) is 0. The minimum absolute atomic E-state index is 0.0918. The number of fused-ring (bicyclic) bond motifs is 1. The predicted octanol–water partition coefficient (Wildman–Crippen LogP) is 1.52. The van der Waals surface area contributed by atoms with E-state index in [1.165, 1.54) is 0 Å². The molecule has 0 saturated heterocycles. The van der Waals surface area contributed by atoms with Crippen LogP contribution in [0.25, 0.3) is 11.1 Å². The summed E-state index contributed by atoms with van der Waals surface area (Å²) in [5.74, 6) is 0.0918. The van der Waals surface area contributed by atoms with Gasteiger partial charge in [0.25, 0.3) is 0 Å². The van der Waals surface area contributed by atoms with Gasteiger partial charge in [0.05, 0.1) is 11.4 Å². The lowest BCUT2D eigenvalue weighted by Crippen LogP contribution is -2.44. The third kappa shape index (κ3) is 1.74. The van der Waals surface area contributed by atoms with Crippen molar-refractivity contribution in [2.24, 2.45) is 10.7 Å². The van der Waals surface area contributed by atoms with E-state index in [2.05, 4.69) is 15.4 Å². The number of pyridine rings is 1. The summed E-state index contributed by atoms with van der Waals surface area (Å²) in [6.45, 7) is 0. The van der Waals surface area contributed by atoms with E-state index in [0.29, 0.717) is 16.5 Å². The summed E-state index contributed by atoms with van der Waals surface area (Å²) < 4.78 is 0. The zero-order chi connectivity index (χ0) is 12.5. The van der Waals surface area contributed by atoms with Crippen molar-refractivity contribution in [1.29, 1.82) is 0 Å². The molecule has 2 heterocycles. The van der Waals surface area contributed by atoms with Gasteiger partial charge < -0.3 is 16.1 Å². The summed E-state index contributed by atoms with van der Waals surface area (Å²) in [5, 5.41) is 12.3. The zero-order valence-corrected chi connectivity index (χ0v) is 9.37. The molecule has 0 unspecified atom stereocenters. The van der Waals surface area contributed by atoms with Gasteiger partial charge in [-0.3, -0.25) is 10.4 Å². The minimum atomic E-state index is 0.0918. The van der Waals surface area contributed by atoms with Crippen LogP contribution in [0.2, 0.25) is 0 Å². The zero-order valence-electron chi connectivity index (χ0n) is 9.37. The van der Waals surface area contributed by atoms with Crippen molar-refractivity contribution >= 4 is 17.3 Å². The molecule has 6 heteroatoms. The van der Waals surface area contributed by atoms with Gasteiger partial charge in [-0.25, -0.2) is 4.99 Å². The molecular weight excluding hydrogens is 230 g/mol. The average molecular weight is 240 g/mol. The van der Waals surface area contributed by atoms with E-state index in [1.807, 2.05) is 18.2 Å². The number of hydrazine groups is 1. The van der Waals surface area contributed by atoms with Crippen molar-refractivity contribution in [3.05, 3.63) is 47.9 Å². The van der Waals surface area contributed by atoms with Gasteiger partial charge in [-0.15, -0.1) is 0 Å². The lowest BCUT2D eigenvalue weighted by Gasteiger charge is -2.35. The highest BCUT2D eigenvalue weighted by molar-refractivity contribution is 5.90. The average Bonchev–Trinajstić information content (AvgIpc) is 2.39. The number of benzene rings is 1. The molecule has 0 radical (unpaired) electrons. The van der Waals surface area contributed by atoms with Gasteiger partial charge in [0.2, 0.25) is 5.96 Å². The second-order valence-corrected chi connectivity index (χ2v) is 3.84. The van der Waals surface area contributed by atoms with E-state index in [9.17, 15) is 5.21 Å². The van der Waals surface area contributed by atoms with Crippen molar-refractivity contribution in [3.63, 3.8) is 0 Å². The molecule has 6 nitrogen and oxygen atoms in total. The molecule has 18 heavy (non-hydrogen) atoms. The predicted molar refractivity (Wildman–Crippen MR) is 69.9 cm³/mol. The van der Waals surface area contributed by atoms with E-state index < -0.39 is 0 Å². The maximum absolute atomic E-state index is 11.7. The van der Waals surface area contributed by atoms with Crippen molar-refractivity contribution in [3.8, 4) is 11.1 Å². The molecule has 1 aliphatic heterocycles. The van der Waals surface area contributed by atoms with E-state index in [4.69, 9.17) is 5.73 Å². The van der Waals surface area contributed by atoms with Gasteiger partial charge in [-0.05, 0) is 35.4 Å². The first-order chi connectivity index (χ1) is 8.74. The highest BCUT2D eigenvalue weighted by Crippen LogP contribution is 2.33. The Morgan fingerprint density at radius 2 is 1.89 bits per heavy atom. The van der Waals surface area contributed by atoms with E-state index in [0.717, 1.165) is 11.1 Å². The summed E-state index contributed by atoms with van der Waals surface area (Å²) in [5.41, 5.74) is 10.8. The number of guanidine groups is 1. The molecule has 0 atom stereocenters. The lowest BCUT2D eigenvalue weighted by molar-refractivity contribution is 0.900. The molecule has 0 spiro atoms. The Balaban J connectivity index is 2.09. The number of hydrogen-bond acceptors (Lipinski definition) is 6. The van der Waals surface area contributed by atoms with Gasteiger partial charge in [-0.2, -0.15) is 0 Å². The summed E-state index contributed by atoms with van der Waals surface area (Å²) in [4.78, 5) is 8.02. The fourth-order valence-corrected chi connectivity index (χ4v) is 1.82.